The molecule has 3 nitrogen and oxygen atoms in total. The summed E-state index contributed by atoms with van der Waals surface area (Å²) in [5.74, 6) is 1.98. The summed E-state index contributed by atoms with van der Waals surface area (Å²) in [6.45, 7) is 5.98. The molecule has 0 saturated heterocycles. The van der Waals surface area contributed by atoms with Gasteiger partial charge in [0.25, 0.3) is 0 Å². The van der Waals surface area contributed by atoms with Gasteiger partial charge in [-0.15, -0.1) is 0 Å². The van der Waals surface area contributed by atoms with E-state index in [1.807, 2.05) is 13.8 Å². The van der Waals surface area contributed by atoms with Crippen molar-refractivity contribution in [1.82, 2.24) is 0 Å². The normalized spacial score (nSPS) is 39.6. The SMILES string of the molecule is CC1CCC(C(C)(C)OC(=O)C2CC3CCC2C3)C(=O)C1. The topological polar surface area (TPSA) is 43.4 Å². The number of hydrogen-bond donors (Lipinski definition) is 0. The van der Waals surface area contributed by atoms with Crippen LogP contribution in [0.5, 0.6) is 0 Å². The first-order valence-corrected chi connectivity index (χ1v) is 8.62. The molecule has 5 unspecified atom stereocenters. The van der Waals surface area contributed by atoms with Gasteiger partial charge in [-0.05, 0) is 63.7 Å². The summed E-state index contributed by atoms with van der Waals surface area (Å²) >= 11 is 0. The first kappa shape index (κ1) is 15.1. The lowest BCUT2D eigenvalue weighted by Gasteiger charge is -2.38. The zero-order valence-electron chi connectivity index (χ0n) is 13.6. The van der Waals surface area contributed by atoms with Crippen LogP contribution in [0.2, 0.25) is 0 Å². The Labute approximate surface area is 127 Å². The maximum atomic E-state index is 12.5. The van der Waals surface area contributed by atoms with Crippen LogP contribution in [0.15, 0.2) is 0 Å². The van der Waals surface area contributed by atoms with E-state index in [9.17, 15) is 9.59 Å². The summed E-state index contributed by atoms with van der Waals surface area (Å²) in [6, 6.07) is 0. The van der Waals surface area contributed by atoms with Crippen molar-refractivity contribution in [3.63, 3.8) is 0 Å². The van der Waals surface area contributed by atoms with E-state index in [2.05, 4.69) is 6.92 Å². The Hall–Kier alpha value is -0.860. The third-order valence-electron chi connectivity index (χ3n) is 6.13. The molecule has 3 saturated carbocycles. The molecule has 118 valence electrons. The first-order chi connectivity index (χ1) is 9.87. The summed E-state index contributed by atoms with van der Waals surface area (Å²) in [7, 11) is 0. The lowest BCUT2D eigenvalue weighted by Crippen LogP contribution is -2.45. The van der Waals surface area contributed by atoms with Gasteiger partial charge in [-0.1, -0.05) is 13.3 Å². The Bertz CT molecular complexity index is 440. The molecule has 0 N–H and O–H groups in total. The van der Waals surface area contributed by atoms with Crippen LogP contribution in [-0.2, 0) is 14.3 Å². The molecule has 3 rings (SSSR count). The number of hydrogen-bond acceptors (Lipinski definition) is 3. The predicted molar refractivity (Wildman–Crippen MR) is 80.6 cm³/mol. The molecule has 5 atom stereocenters. The van der Waals surface area contributed by atoms with Crippen LogP contribution in [0.4, 0.5) is 0 Å². The van der Waals surface area contributed by atoms with Crippen LogP contribution in [0.25, 0.3) is 0 Å². The molecule has 3 aliphatic rings. The maximum Gasteiger partial charge on any atom is 0.309 e. The van der Waals surface area contributed by atoms with Crippen LogP contribution < -0.4 is 0 Å². The Kier molecular flexibility index (Phi) is 3.87. The van der Waals surface area contributed by atoms with Crippen molar-refractivity contribution in [2.45, 2.75) is 71.3 Å². The molecule has 3 heteroatoms. The van der Waals surface area contributed by atoms with Gasteiger partial charge in [0.1, 0.15) is 11.4 Å². The van der Waals surface area contributed by atoms with Crippen molar-refractivity contribution in [3.05, 3.63) is 0 Å². The number of carbonyl (C=O) groups excluding carboxylic acids is 2. The largest absolute Gasteiger partial charge is 0.459 e. The minimum atomic E-state index is -0.643. The van der Waals surface area contributed by atoms with E-state index in [4.69, 9.17) is 4.74 Å². The van der Waals surface area contributed by atoms with Crippen LogP contribution in [0.1, 0.15) is 65.7 Å². The molecule has 0 aromatic heterocycles. The van der Waals surface area contributed by atoms with Crippen molar-refractivity contribution < 1.29 is 14.3 Å². The summed E-state index contributed by atoms with van der Waals surface area (Å²) in [6.07, 6.45) is 7.25. The van der Waals surface area contributed by atoms with Gasteiger partial charge in [0.15, 0.2) is 0 Å². The molecule has 0 aromatic carbocycles. The lowest BCUT2D eigenvalue weighted by atomic mass is 9.74. The summed E-state index contributed by atoms with van der Waals surface area (Å²) in [5, 5.41) is 0. The van der Waals surface area contributed by atoms with Crippen LogP contribution in [0, 0.1) is 29.6 Å². The van der Waals surface area contributed by atoms with Gasteiger partial charge in [0.05, 0.1) is 11.8 Å². The van der Waals surface area contributed by atoms with Crippen molar-refractivity contribution in [1.29, 1.82) is 0 Å². The fourth-order valence-electron chi connectivity index (χ4n) is 4.87. The molecule has 0 spiro atoms. The molecule has 2 bridgehead atoms. The lowest BCUT2D eigenvalue weighted by molar-refractivity contribution is -0.171. The van der Waals surface area contributed by atoms with Gasteiger partial charge in [0, 0.05) is 6.42 Å². The summed E-state index contributed by atoms with van der Waals surface area (Å²) < 4.78 is 5.86. The van der Waals surface area contributed by atoms with Gasteiger partial charge in [-0.2, -0.15) is 0 Å². The molecule has 0 amide bonds. The standard InChI is InChI=1S/C18H28O3/c1-11-4-7-15(16(19)8-11)18(2,3)21-17(20)14-10-12-5-6-13(14)9-12/h11-15H,4-10H2,1-3H3. The number of ketones is 1. The average molecular weight is 292 g/mol. The molecule has 21 heavy (non-hydrogen) atoms. The highest BCUT2D eigenvalue weighted by molar-refractivity contribution is 5.83. The highest BCUT2D eigenvalue weighted by atomic mass is 16.6. The van der Waals surface area contributed by atoms with Gasteiger partial charge in [-0.3, -0.25) is 9.59 Å². The number of carbonyl (C=O) groups is 2. The molecular formula is C18H28O3. The van der Waals surface area contributed by atoms with Crippen molar-refractivity contribution in [2.75, 3.05) is 0 Å². The Morgan fingerprint density at radius 2 is 1.90 bits per heavy atom. The van der Waals surface area contributed by atoms with Crippen molar-refractivity contribution in [2.24, 2.45) is 29.6 Å². The fourth-order valence-corrected chi connectivity index (χ4v) is 4.87. The van der Waals surface area contributed by atoms with Gasteiger partial charge >= 0.3 is 5.97 Å². The first-order valence-electron chi connectivity index (χ1n) is 8.62. The van der Waals surface area contributed by atoms with Gasteiger partial charge < -0.3 is 4.74 Å². The average Bonchev–Trinajstić information content (AvgIpc) is 2.99. The minimum Gasteiger partial charge on any atom is -0.459 e. The van der Waals surface area contributed by atoms with E-state index in [1.165, 1.54) is 19.3 Å². The third kappa shape index (κ3) is 2.89. The van der Waals surface area contributed by atoms with E-state index in [0.717, 1.165) is 25.2 Å². The van der Waals surface area contributed by atoms with E-state index in [-0.39, 0.29) is 23.6 Å². The summed E-state index contributed by atoms with van der Waals surface area (Å²) in [4.78, 5) is 24.8. The maximum absolute atomic E-state index is 12.5. The smallest absolute Gasteiger partial charge is 0.309 e. The number of fused-ring (bicyclic) bond motifs is 2. The molecule has 3 fully saturated rings. The van der Waals surface area contributed by atoms with Crippen LogP contribution >= 0.6 is 0 Å². The number of esters is 1. The Balaban J connectivity index is 1.62. The molecular weight excluding hydrogens is 264 g/mol. The van der Waals surface area contributed by atoms with Crippen molar-refractivity contribution >= 4 is 11.8 Å². The van der Waals surface area contributed by atoms with E-state index >= 15 is 0 Å². The van der Waals surface area contributed by atoms with E-state index < -0.39 is 5.60 Å². The van der Waals surface area contributed by atoms with Crippen molar-refractivity contribution in [3.8, 4) is 0 Å². The Morgan fingerprint density at radius 3 is 2.48 bits per heavy atom. The summed E-state index contributed by atoms with van der Waals surface area (Å²) in [5.41, 5.74) is -0.643. The molecule has 0 aliphatic heterocycles. The zero-order chi connectivity index (χ0) is 15.2. The second kappa shape index (κ2) is 5.40. The molecule has 0 radical (unpaired) electrons. The second-order valence-electron chi connectivity index (χ2n) is 8.21. The number of rotatable bonds is 3. The van der Waals surface area contributed by atoms with E-state index in [0.29, 0.717) is 18.3 Å². The number of ether oxygens (including phenoxy) is 1. The number of Topliss-reactive ketones (excluding diaryl/α,β-unsaturated/α-hetero) is 1. The van der Waals surface area contributed by atoms with Gasteiger partial charge in [0.2, 0.25) is 0 Å². The predicted octanol–water partition coefficient (Wildman–Crippen LogP) is 3.75. The zero-order valence-corrected chi connectivity index (χ0v) is 13.6. The highest BCUT2D eigenvalue weighted by Gasteiger charge is 2.47. The molecule has 3 aliphatic carbocycles. The highest BCUT2D eigenvalue weighted by Crippen LogP contribution is 2.49. The van der Waals surface area contributed by atoms with Crippen LogP contribution in [0.3, 0.4) is 0 Å². The monoisotopic (exact) mass is 292 g/mol. The third-order valence-corrected chi connectivity index (χ3v) is 6.13. The van der Waals surface area contributed by atoms with Crippen LogP contribution in [-0.4, -0.2) is 17.4 Å². The second-order valence-corrected chi connectivity index (χ2v) is 8.21. The van der Waals surface area contributed by atoms with Gasteiger partial charge in [-0.25, -0.2) is 0 Å². The molecule has 0 heterocycles. The molecule has 0 aromatic rings. The minimum absolute atomic E-state index is 0.0429. The quantitative estimate of drug-likeness (QED) is 0.744. The Morgan fingerprint density at radius 1 is 1.14 bits per heavy atom. The van der Waals surface area contributed by atoms with E-state index in [1.54, 1.807) is 0 Å². The fraction of sp³-hybridized carbons (Fsp3) is 0.889.